The molecule has 0 unspecified atom stereocenters. The van der Waals surface area contributed by atoms with E-state index in [4.69, 9.17) is 14.2 Å². The average Bonchev–Trinajstić information content (AvgIpc) is 2.76. The van der Waals surface area contributed by atoms with Crippen molar-refractivity contribution >= 4 is 11.8 Å². The normalized spacial score (nSPS) is 28.2. The first-order valence-corrected chi connectivity index (χ1v) is 10.2. The van der Waals surface area contributed by atoms with Crippen LogP contribution in [0.2, 0.25) is 0 Å². The summed E-state index contributed by atoms with van der Waals surface area (Å²) in [6.45, 7) is 2.40. The van der Waals surface area contributed by atoms with Crippen LogP contribution in [0.3, 0.4) is 0 Å². The first-order chi connectivity index (χ1) is 14.4. The minimum Gasteiger partial charge on any atom is -0.491 e. The van der Waals surface area contributed by atoms with Crippen LogP contribution in [0, 0.1) is 11.3 Å². The van der Waals surface area contributed by atoms with Crippen molar-refractivity contribution < 1.29 is 23.8 Å². The second kappa shape index (κ2) is 9.45. The number of nitriles is 1. The van der Waals surface area contributed by atoms with E-state index in [0.29, 0.717) is 25.1 Å². The highest BCUT2D eigenvalue weighted by molar-refractivity contribution is 6.00. The Labute approximate surface area is 177 Å². The lowest BCUT2D eigenvalue weighted by Crippen LogP contribution is -2.52. The number of rotatable bonds is 1. The Balaban J connectivity index is 1.96. The number of likely N-dealkylation sites (N-methyl/N-ethyl adjacent to an activating group) is 2. The largest absolute Gasteiger partial charge is 0.491 e. The van der Waals surface area contributed by atoms with Gasteiger partial charge >= 0.3 is 0 Å². The Morgan fingerprint density at radius 2 is 1.97 bits per heavy atom. The van der Waals surface area contributed by atoms with Crippen molar-refractivity contribution in [3.63, 3.8) is 0 Å². The number of hydrogen-bond acceptors (Lipinski definition) is 6. The molecule has 2 aliphatic heterocycles. The predicted octanol–water partition coefficient (Wildman–Crippen LogP) is 1.82. The van der Waals surface area contributed by atoms with E-state index >= 15 is 0 Å². The lowest BCUT2D eigenvalue weighted by Gasteiger charge is -2.39. The SMILES string of the molecule is CO[C@@H]1CC[C@@H]2CCOc3c(C#N)cccc3C(=O)N(C)[C@H](C)C(=O)N(C)C[C@@H]1O2. The zero-order valence-electron chi connectivity index (χ0n) is 18.0. The van der Waals surface area contributed by atoms with E-state index in [1.165, 1.54) is 4.90 Å². The Kier molecular flexibility index (Phi) is 6.95. The summed E-state index contributed by atoms with van der Waals surface area (Å²) in [4.78, 5) is 29.1. The number of amides is 2. The molecule has 8 heteroatoms. The summed E-state index contributed by atoms with van der Waals surface area (Å²) in [5, 5.41) is 9.49. The molecular weight excluding hydrogens is 386 g/mol. The van der Waals surface area contributed by atoms with Crippen LogP contribution in [-0.4, -0.2) is 80.3 Å². The van der Waals surface area contributed by atoms with Crippen molar-refractivity contribution in [1.29, 1.82) is 5.26 Å². The van der Waals surface area contributed by atoms with Gasteiger partial charge in [-0.1, -0.05) is 6.07 Å². The van der Waals surface area contributed by atoms with E-state index < -0.39 is 6.04 Å². The molecular formula is C22H29N3O5. The summed E-state index contributed by atoms with van der Waals surface area (Å²) in [6, 6.07) is 6.29. The zero-order chi connectivity index (χ0) is 21.8. The molecule has 0 aromatic heterocycles. The second-order valence-corrected chi connectivity index (χ2v) is 7.89. The number of hydrogen-bond donors (Lipinski definition) is 0. The van der Waals surface area contributed by atoms with Crippen molar-refractivity contribution in [2.45, 2.75) is 50.5 Å². The molecule has 2 bridgehead atoms. The van der Waals surface area contributed by atoms with E-state index in [0.717, 1.165) is 12.8 Å². The minimum atomic E-state index is -0.690. The van der Waals surface area contributed by atoms with Crippen LogP contribution >= 0.6 is 0 Å². The Hall–Kier alpha value is -2.63. The molecule has 30 heavy (non-hydrogen) atoms. The van der Waals surface area contributed by atoms with Crippen LogP contribution in [0.1, 0.15) is 42.1 Å². The van der Waals surface area contributed by atoms with Gasteiger partial charge in [-0.15, -0.1) is 0 Å². The van der Waals surface area contributed by atoms with Gasteiger partial charge in [0.15, 0.2) is 0 Å². The predicted molar refractivity (Wildman–Crippen MR) is 109 cm³/mol. The van der Waals surface area contributed by atoms with E-state index in [2.05, 4.69) is 6.07 Å². The van der Waals surface area contributed by atoms with E-state index in [-0.39, 0.29) is 41.4 Å². The first kappa shape index (κ1) is 22.1. The maximum absolute atomic E-state index is 13.2. The number of fused-ring (bicyclic) bond motifs is 3. The van der Waals surface area contributed by atoms with Crippen LogP contribution < -0.4 is 4.74 Å². The fourth-order valence-electron chi connectivity index (χ4n) is 4.03. The van der Waals surface area contributed by atoms with Gasteiger partial charge in [0.25, 0.3) is 5.91 Å². The molecule has 1 aromatic rings. The Morgan fingerprint density at radius 1 is 1.20 bits per heavy atom. The molecule has 1 aromatic carbocycles. The van der Waals surface area contributed by atoms with Gasteiger partial charge in [-0.3, -0.25) is 9.59 Å². The molecule has 3 rings (SSSR count). The quantitative estimate of drug-likeness (QED) is 0.695. The molecule has 0 aliphatic carbocycles. The van der Waals surface area contributed by atoms with E-state index in [1.807, 2.05) is 0 Å². The van der Waals surface area contributed by atoms with Crippen molar-refractivity contribution in [3.8, 4) is 11.8 Å². The van der Waals surface area contributed by atoms with Crippen molar-refractivity contribution in [2.75, 3.05) is 34.4 Å². The van der Waals surface area contributed by atoms with Gasteiger partial charge in [0, 0.05) is 34.2 Å². The number of para-hydroxylation sites is 1. The minimum absolute atomic E-state index is 0.0404. The number of methoxy groups -OCH3 is 1. The third-order valence-corrected chi connectivity index (χ3v) is 6.00. The first-order valence-electron chi connectivity index (χ1n) is 10.2. The Bertz CT molecular complexity index is 837. The number of carbonyl (C=O) groups excluding carboxylic acids is 2. The molecule has 2 aliphatic rings. The molecule has 1 saturated heterocycles. The summed E-state index contributed by atoms with van der Waals surface area (Å²) in [6.07, 6.45) is 1.89. The molecule has 0 N–H and O–H groups in total. The van der Waals surface area contributed by atoms with Gasteiger partial charge in [-0.2, -0.15) is 5.26 Å². The van der Waals surface area contributed by atoms with Gasteiger partial charge in [0.2, 0.25) is 5.91 Å². The van der Waals surface area contributed by atoms with Crippen molar-refractivity contribution in [2.24, 2.45) is 0 Å². The van der Waals surface area contributed by atoms with Gasteiger partial charge in [0.1, 0.15) is 24.0 Å². The second-order valence-electron chi connectivity index (χ2n) is 7.89. The highest BCUT2D eigenvalue weighted by atomic mass is 16.5. The maximum atomic E-state index is 13.2. The van der Waals surface area contributed by atoms with Crippen LogP contribution in [0.15, 0.2) is 18.2 Å². The van der Waals surface area contributed by atoms with Gasteiger partial charge < -0.3 is 24.0 Å². The summed E-state index contributed by atoms with van der Waals surface area (Å²) in [5.41, 5.74) is 0.567. The lowest BCUT2D eigenvalue weighted by molar-refractivity contribution is -0.152. The number of carbonyl (C=O) groups is 2. The summed E-state index contributed by atoms with van der Waals surface area (Å²) in [7, 11) is 4.95. The fraction of sp³-hybridized carbons (Fsp3) is 0.591. The standard InChI is InChI=1S/C22H29N3O5/c1-14-21(26)24(2)13-19-18(28-4)9-8-16(30-19)10-11-29-20-15(12-23)6-5-7-17(20)22(27)25(14)3/h5-7,14,16,18-19H,8-11,13H2,1-4H3/t14-,16-,18-,19+/m1/s1. The topological polar surface area (TPSA) is 92.1 Å². The molecule has 0 saturated carbocycles. The van der Waals surface area contributed by atoms with Crippen LogP contribution in [-0.2, 0) is 14.3 Å². The van der Waals surface area contributed by atoms with Crippen molar-refractivity contribution in [1.82, 2.24) is 9.80 Å². The van der Waals surface area contributed by atoms with E-state index in [1.54, 1.807) is 51.2 Å². The third-order valence-electron chi connectivity index (χ3n) is 6.00. The monoisotopic (exact) mass is 415 g/mol. The summed E-state index contributed by atoms with van der Waals surface area (Å²) < 4.78 is 17.7. The maximum Gasteiger partial charge on any atom is 0.258 e. The molecule has 2 amide bonds. The van der Waals surface area contributed by atoms with Gasteiger partial charge in [-0.25, -0.2) is 0 Å². The third kappa shape index (κ3) is 4.42. The van der Waals surface area contributed by atoms with Crippen LogP contribution in [0.5, 0.6) is 5.75 Å². The summed E-state index contributed by atoms with van der Waals surface area (Å²) in [5.74, 6) is -0.300. The molecule has 0 spiro atoms. The lowest BCUT2D eigenvalue weighted by atomic mass is 9.98. The van der Waals surface area contributed by atoms with Gasteiger partial charge in [0.05, 0.1) is 29.9 Å². The zero-order valence-corrected chi connectivity index (χ0v) is 18.0. The van der Waals surface area contributed by atoms with Gasteiger partial charge in [-0.05, 0) is 31.9 Å². The molecule has 8 nitrogen and oxygen atoms in total. The van der Waals surface area contributed by atoms with Crippen molar-refractivity contribution in [3.05, 3.63) is 29.3 Å². The number of nitrogens with zero attached hydrogens (tertiary/aromatic N) is 3. The fourth-order valence-corrected chi connectivity index (χ4v) is 4.03. The number of benzene rings is 1. The van der Waals surface area contributed by atoms with Crippen LogP contribution in [0.25, 0.3) is 0 Å². The molecule has 1 fully saturated rings. The molecule has 162 valence electrons. The summed E-state index contributed by atoms with van der Waals surface area (Å²) >= 11 is 0. The number of ether oxygens (including phenoxy) is 3. The smallest absolute Gasteiger partial charge is 0.258 e. The highest BCUT2D eigenvalue weighted by Crippen LogP contribution is 2.28. The van der Waals surface area contributed by atoms with Crippen LogP contribution in [0.4, 0.5) is 0 Å². The Morgan fingerprint density at radius 3 is 2.67 bits per heavy atom. The molecule has 0 radical (unpaired) electrons. The average molecular weight is 415 g/mol. The van der Waals surface area contributed by atoms with E-state index in [9.17, 15) is 14.9 Å². The highest BCUT2D eigenvalue weighted by Gasteiger charge is 2.35. The molecule has 2 heterocycles. The molecule has 4 atom stereocenters.